The van der Waals surface area contributed by atoms with Gasteiger partial charge in [-0.15, -0.1) is 11.3 Å². The van der Waals surface area contributed by atoms with Gasteiger partial charge in [-0.1, -0.05) is 38.8 Å². The number of hydrogen-bond donors (Lipinski definition) is 1. The number of anilines is 1. The maximum Gasteiger partial charge on any atom is 0.264 e. The molecule has 0 aliphatic heterocycles. The van der Waals surface area contributed by atoms with Gasteiger partial charge in [-0.25, -0.2) is 4.98 Å². The summed E-state index contributed by atoms with van der Waals surface area (Å²) in [6.45, 7) is 4.97. The summed E-state index contributed by atoms with van der Waals surface area (Å²) in [6.07, 6.45) is 4.31. The maximum atomic E-state index is 12.2. The average molecular weight is 425 g/mol. The molecule has 0 spiro atoms. The van der Waals surface area contributed by atoms with Crippen LogP contribution in [0.4, 0.5) is 5.13 Å². The highest BCUT2D eigenvalue weighted by Crippen LogP contribution is 2.26. The van der Waals surface area contributed by atoms with E-state index in [0.717, 1.165) is 49.3 Å². The first kappa shape index (κ1) is 21.8. The van der Waals surface area contributed by atoms with E-state index in [1.54, 1.807) is 0 Å². The molecular formula is C24H28N2O3S. The molecule has 6 heteroatoms. The van der Waals surface area contributed by atoms with Crippen molar-refractivity contribution in [3.8, 4) is 22.8 Å². The number of carbonyl (C=O) groups excluding carboxylic acids is 1. The van der Waals surface area contributed by atoms with Gasteiger partial charge >= 0.3 is 0 Å². The molecule has 3 aromatic rings. The van der Waals surface area contributed by atoms with E-state index in [1.807, 2.05) is 53.9 Å². The quantitative estimate of drug-likeness (QED) is 0.386. The highest BCUT2D eigenvalue weighted by atomic mass is 32.1. The van der Waals surface area contributed by atoms with Gasteiger partial charge in [0.15, 0.2) is 11.7 Å². The van der Waals surface area contributed by atoms with Crippen LogP contribution in [0.25, 0.3) is 11.3 Å². The van der Waals surface area contributed by atoms with Crippen molar-refractivity contribution in [1.82, 2.24) is 4.98 Å². The number of aromatic nitrogens is 1. The van der Waals surface area contributed by atoms with Crippen molar-refractivity contribution in [2.75, 3.05) is 18.5 Å². The van der Waals surface area contributed by atoms with Gasteiger partial charge in [0.25, 0.3) is 5.91 Å². The molecule has 0 aliphatic rings. The summed E-state index contributed by atoms with van der Waals surface area (Å²) in [5.74, 6) is 1.31. The molecule has 0 aliphatic carbocycles. The van der Waals surface area contributed by atoms with Crippen LogP contribution in [0.2, 0.25) is 0 Å². The molecule has 0 saturated heterocycles. The number of nitrogens with one attached hydrogen (secondary N) is 1. The van der Waals surface area contributed by atoms with Gasteiger partial charge < -0.3 is 9.47 Å². The van der Waals surface area contributed by atoms with E-state index in [4.69, 9.17) is 9.47 Å². The molecule has 0 saturated carbocycles. The molecule has 1 N–H and O–H groups in total. The SMILES string of the molecule is CCCCOc1ccc(-c2csc(NC(=O)COc3ccc(CCC)cc3)n2)cc1. The van der Waals surface area contributed by atoms with Crippen LogP contribution in [0.5, 0.6) is 11.5 Å². The summed E-state index contributed by atoms with van der Waals surface area (Å²) in [4.78, 5) is 16.7. The van der Waals surface area contributed by atoms with Crippen LogP contribution in [-0.2, 0) is 11.2 Å². The number of ether oxygens (including phenoxy) is 2. The summed E-state index contributed by atoms with van der Waals surface area (Å²) in [7, 11) is 0. The third-order valence-corrected chi connectivity index (χ3v) is 5.26. The Morgan fingerprint density at radius 2 is 1.67 bits per heavy atom. The molecule has 5 nitrogen and oxygen atoms in total. The Morgan fingerprint density at radius 1 is 0.967 bits per heavy atom. The van der Waals surface area contributed by atoms with Gasteiger partial charge in [-0.3, -0.25) is 10.1 Å². The Kier molecular flexibility index (Phi) is 8.27. The molecule has 2 aromatic carbocycles. The predicted molar refractivity (Wildman–Crippen MR) is 123 cm³/mol. The number of unbranched alkanes of at least 4 members (excludes halogenated alkanes) is 1. The fourth-order valence-electron chi connectivity index (χ4n) is 2.87. The second-order valence-corrected chi connectivity index (χ2v) is 7.85. The molecule has 1 heterocycles. The first-order valence-electron chi connectivity index (χ1n) is 10.4. The molecule has 0 fully saturated rings. The number of aryl methyl sites for hydroxylation is 1. The van der Waals surface area contributed by atoms with E-state index in [1.165, 1.54) is 16.9 Å². The summed E-state index contributed by atoms with van der Waals surface area (Å²) in [5, 5.41) is 5.28. The lowest BCUT2D eigenvalue weighted by Gasteiger charge is -2.07. The topological polar surface area (TPSA) is 60.5 Å². The zero-order valence-electron chi connectivity index (χ0n) is 17.5. The number of rotatable bonds is 11. The summed E-state index contributed by atoms with van der Waals surface area (Å²) in [6, 6.07) is 15.7. The Labute approximate surface area is 182 Å². The van der Waals surface area contributed by atoms with E-state index >= 15 is 0 Å². The Balaban J connectivity index is 1.49. The summed E-state index contributed by atoms with van der Waals surface area (Å²) in [5.41, 5.74) is 3.08. The van der Waals surface area contributed by atoms with Crippen LogP contribution in [-0.4, -0.2) is 24.1 Å². The molecule has 1 aromatic heterocycles. The zero-order valence-corrected chi connectivity index (χ0v) is 18.3. The van der Waals surface area contributed by atoms with E-state index in [0.29, 0.717) is 10.9 Å². The molecular weight excluding hydrogens is 396 g/mol. The molecule has 3 rings (SSSR count). The molecule has 0 atom stereocenters. The lowest BCUT2D eigenvalue weighted by Crippen LogP contribution is -2.20. The van der Waals surface area contributed by atoms with Crippen LogP contribution < -0.4 is 14.8 Å². The van der Waals surface area contributed by atoms with Crippen LogP contribution >= 0.6 is 11.3 Å². The molecule has 158 valence electrons. The Hall–Kier alpha value is -2.86. The smallest absolute Gasteiger partial charge is 0.264 e. The standard InChI is InChI=1S/C24H28N2O3S/c1-3-5-15-28-20-13-9-19(10-14-20)22-17-30-24(25-22)26-23(27)16-29-21-11-7-18(6-4-2)8-12-21/h7-14,17H,3-6,15-16H2,1-2H3,(H,25,26,27). The van der Waals surface area contributed by atoms with Crippen molar-refractivity contribution in [3.63, 3.8) is 0 Å². The van der Waals surface area contributed by atoms with Crippen LogP contribution in [0.1, 0.15) is 38.7 Å². The molecule has 30 heavy (non-hydrogen) atoms. The van der Waals surface area contributed by atoms with Crippen molar-refractivity contribution >= 4 is 22.4 Å². The monoisotopic (exact) mass is 424 g/mol. The summed E-state index contributed by atoms with van der Waals surface area (Å²) >= 11 is 1.39. The third kappa shape index (κ3) is 6.59. The van der Waals surface area contributed by atoms with Crippen molar-refractivity contribution in [1.29, 1.82) is 0 Å². The minimum Gasteiger partial charge on any atom is -0.494 e. The van der Waals surface area contributed by atoms with E-state index in [2.05, 4.69) is 24.1 Å². The van der Waals surface area contributed by atoms with Gasteiger partial charge in [0, 0.05) is 10.9 Å². The van der Waals surface area contributed by atoms with Crippen molar-refractivity contribution in [2.45, 2.75) is 39.5 Å². The fourth-order valence-corrected chi connectivity index (χ4v) is 3.60. The van der Waals surface area contributed by atoms with E-state index < -0.39 is 0 Å². The number of amides is 1. The number of hydrogen-bond acceptors (Lipinski definition) is 5. The average Bonchev–Trinajstić information content (AvgIpc) is 3.22. The number of thiazole rings is 1. The van der Waals surface area contributed by atoms with Gasteiger partial charge in [0.05, 0.1) is 12.3 Å². The lowest BCUT2D eigenvalue weighted by molar-refractivity contribution is -0.118. The van der Waals surface area contributed by atoms with Crippen LogP contribution in [0.3, 0.4) is 0 Å². The number of carbonyl (C=O) groups is 1. The van der Waals surface area contributed by atoms with Crippen molar-refractivity contribution < 1.29 is 14.3 Å². The van der Waals surface area contributed by atoms with Crippen molar-refractivity contribution in [2.24, 2.45) is 0 Å². The fraction of sp³-hybridized carbons (Fsp3) is 0.333. The Morgan fingerprint density at radius 3 is 2.37 bits per heavy atom. The third-order valence-electron chi connectivity index (χ3n) is 4.50. The molecule has 0 bridgehead atoms. The van der Waals surface area contributed by atoms with Gasteiger partial charge in [-0.2, -0.15) is 0 Å². The van der Waals surface area contributed by atoms with Gasteiger partial charge in [-0.05, 0) is 54.8 Å². The van der Waals surface area contributed by atoms with Crippen molar-refractivity contribution in [3.05, 3.63) is 59.5 Å². The minimum absolute atomic E-state index is 0.0498. The molecule has 0 radical (unpaired) electrons. The normalized spacial score (nSPS) is 10.6. The van der Waals surface area contributed by atoms with Gasteiger partial charge in [0.1, 0.15) is 11.5 Å². The zero-order chi connectivity index (χ0) is 21.2. The van der Waals surface area contributed by atoms with E-state index in [-0.39, 0.29) is 12.5 Å². The molecule has 1 amide bonds. The molecule has 0 unspecified atom stereocenters. The summed E-state index contributed by atoms with van der Waals surface area (Å²) < 4.78 is 11.3. The van der Waals surface area contributed by atoms with E-state index in [9.17, 15) is 4.79 Å². The first-order valence-corrected chi connectivity index (χ1v) is 11.3. The maximum absolute atomic E-state index is 12.2. The van der Waals surface area contributed by atoms with Crippen LogP contribution in [0.15, 0.2) is 53.9 Å². The van der Waals surface area contributed by atoms with Gasteiger partial charge in [0.2, 0.25) is 0 Å². The number of benzene rings is 2. The highest BCUT2D eigenvalue weighted by Gasteiger charge is 2.09. The number of nitrogens with zero attached hydrogens (tertiary/aromatic N) is 1. The second kappa shape index (κ2) is 11.4. The second-order valence-electron chi connectivity index (χ2n) is 7.00. The first-order chi connectivity index (χ1) is 14.7. The predicted octanol–water partition coefficient (Wildman–Crippen LogP) is 5.96. The highest BCUT2D eigenvalue weighted by molar-refractivity contribution is 7.14. The largest absolute Gasteiger partial charge is 0.494 e. The Bertz CT molecular complexity index is 920. The lowest BCUT2D eigenvalue weighted by atomic mass is 10.1. The minimum atomic E-state index is -0.229. The van der Waals surface area contributed by atoms with Crippen LogP contribution in [0, 0.1) is 0 Å².